The number of aromatic nitrogens is 2. The standard InChI is InChI=1S/C24H24N2/c1-14-11-24(14,4)18-10-6-8-16-17-9-5-7-15-12-23(2,3)19-13-25-22(20(16)18)26(19)21(15)17/h5-10,13-14H,11-12H2,1-4H3. The summed E-state index contributed by atoms with van der Waals surface area (Å²) in [6.07, 6.45) is 4.47. The highest BCUT2D eigenvalue weighted by atomic mass is 15.0. The second kappa shape index (κ2) is 4.31. The van der Waals surface area contributed by atoms with Gasteiger partial charge in [0.1, 0.15) is 5.65 Å². The lowest BCUT2D eigenvalue weighted by atomic mass is 9.79. The summed E-state index contributed by atoms with van der Waals surface area (Å²) in [5.41, 5.74) is 7.20. The van der Waals surface area contributed by atoms with Gasteiger partial charge in [0.15, 0.2) is 0 Å². The zero-order chi connectivity index (χ0) is 17.8. The van der Waals surface area contributed by atoms with Gasteiger partial charge >= 0.3 is 0 Å². The van der Waals surface area contributed by atoms with E-state index in [9.17, 15) is 0 Å². The molecule has 1 saturated carbocycles. The van der Waals surface area contributed by atoms with Crippen molar-refractivity contribution in [2.75, 3.05) is 0 Å². The van der Waals surface area contributed by atoms with Crippen LogP contribution in [0.15, 0.2) is 42.6 Å². The Morgan fingerprint density at radius 3 is 2.54 bits per heavy atom. The molecule has 130 valence electrons. The number of fused-ring (bicyclic) bond motifs is 3. The van der Waals surface area contributed by atoms with Gasteiger partial charge in [-0.25, -0.2) is 4.98 Å². The summed E-state index contributed by atoms with van der Waals surface area (Å²) in [5.74, 6) is 0.744. The molecule has 6 rings (SSSR count). The van der Waals surface area contributed by atoms with Gasteiger partial charge in [0.05, 0.1) is 5.52 Å². The zero-order valence-corrected chi connectivity index (χ0v) is 15.9. The van der Waals surface area contributed by atoms with Crippen LogP contribution in [0.2, 0.25) is 0 Å². The molecule has 1 aliphatic heterocycles. The van der Waals surface area contributed by atoms with Gasteiger partial charge in [-0.05, 0) is 40.7 Å². The van der Waals surface area contributed by atoms with Crippen LogP contribution >= 0.6 is 0 Å². The van der Waals surface area contributed by atoms with Gasteiger partial charge in [-0.3, -0.25) is 4.40 Å². The first-order valence-corrected chi connectivity index (χ1v) is 9.76. The van der Waals surface area contributed by atoms with Crippen molar-refractivity contribution in [1.29, 1.82) is 0 Å². The van der Waals surface area contributed by atoms with Crippen molar-refractivity contribution in [3.8, 4) is 0 Å². The average Bonchev–Trinajstić information content (AvgIpc) is 3.04. The lowest BCUT2D eigenvalue weighted by molar-refractivity contribution is 0.494. The van der Waals surface area contributed by atoms with Gasteiger partial charge in [0.2, 0.25) is 0 Å². The molecule has 2 unspecified atom stereocenters. The van der Waals surface area contributed by atoms with Crippen LogP contribution in [0.3, 0.4) is 0 Å². The van der Waals surface area contributed by atoms with Crippen LogP contribution in [-0.4, -0.2) is 9.38 Å². The number of rotatable bonds is 1. The Labute approximate surface area is 153 Å². The van der Waals surface area contributed by atoms with E-state index in [-0.39, 0.29) is 10.8 Å². The molecule has 3 heterocycles. The SMILES string of the molecule is CC1CC1(C)c1cccc2c3cccc4c3n3c(cnc3c12)C(C)(C)C4. The Morgan fingerprint density at radius 2 is 1.77 bits per heavy atom. The molecule has 4 aromatic rings. The molecule has 0 bridgehead atoms. The van der Waals surface area contributed by atoms with E-state index in [1.54, 1.807) is 0 Å². The second-order valence-corrected chi connectivity index (χ2v) is 9.43. The topological polar surface area (TPSA) is 17.3 Å². The highest BCUT2D eigenvalue weighted by Crippen LogP contribution is 2.56. The molecule has 1 fully saturated rings. The molecular formula is C24H24N2. The molecule has 2 atom stereocenters. The molecular weight excluding hydrogens is 316 g/mol. The van der Waals surface area contributed by atoms with E-state index in [1.807, 2.05) is 0 Å². The van der Waals surface area contributed by atoms with Crippen LogP contribution in [0.4, 0.5) is 0 Å². The fraction of sp³-hybridized carbons (Fsp3) is 0.375. The third-order valence-corrected chi connectivity index (χ3v) is 7.28. The van der Waals surface area contributed by atoms with Gasteiger partial charge in [-0.15, -0.1) is 0 Å². The smallest absolute Gasteiger partial charge is 0.145 e. The number of imidazole rings is 1. The van der Waals surface area contributed by atoms with Gasteiger partial charge < -0.3 is 0 Å². The zero-order valence-electron chi connectivity index (χ0n) is 15.9. The molecule has 1 aliphatic carbocycles. The number of hydrogen-bond acceptors (Lipinski definition) is 1. The fourth-order valence-corrected chi connectivity index (χ4v) is 5.46. The Balaban J connectivity index is 1.92. The van der Waals surface area contributed by atoms with Crippen molar-refractivity contribution in [3.05, 3.63) is 59.4 Å². The van der Waals surface area contributed by atoms with Crippen molar-refractivity contribution < 1.29 is 0 Å². The van der Waals surface area contributed by atoms with Gasteiger partial charge in [0, 0.05) is 28.1 Å². The molecule has 0 N–H and O–H groups in total. The summed E-state index contributed by atoms with van der Waals surface area (Å²) in [4.78, 5) is 4.99. The number of hydrogen-bond donors (Lipinski definition) is 0. The van der Waals surface area contributed by atoms with Crippen molar-refractivity contribution in [2.45, 2.75) is 51.4 Å². The highest BCUT2D eigenvalue weighted by Gasteiger charge is 2.49. The summed E-state index contributed by atoms with van der Waals surface area (Å²) in [7, 11) is 0. The van der Waals surface area contributed by atoms with E-state index >= 15 is 0 Å². The quantitative estimate of drug-likeness (QED) is 0.402. The third-order valence-electron chi connectivity index (χ3n) is 7.28. The third kappa shape index (κ3) is 1.57. The molecule has 0 spiro atoms. The van der Waals surface area contributed by atoms with Crippen LogP contribution in [0.25, 0.3) is 27.3 Å². The predicted octanol–water partition coefficient (Wildman–Crippen LogP) is 5.77. The van der Waals surface area contributed by atoms with E-state index in [1.165, 1.54) is 44.9 Å². The van der Waals surface area contributed by atoms with Crippen molar-refractivity contribution in [1.82, 2.24) is 9.38 Å². The first-order chi connectivity index (χ1) is 12.4. The number of nitrogens with zero attached hydrogens (tertiary/aromatic N) is 2. The van der Waals surface area contributed by atoms with Crippen LogP contribution in [0.5, 0.6) is 0 Å². The van der Waals surface area contributed by atoms with Crippen LogP contribution < -0.4 is 0 Å². The summed E-state index contributed by atoms with van der Waals surface area (Å²) in [6.45, 7) is 9.48. The highest BCUT2D eigenvalue weighted by molar-refractivity contribution is 6.14. The van der Waals surface area contributed by atoms with E-state index in [0.717, 1.165) is 18.0 Å². The Kier molecular flexibility index (Phi) is 2.45. The molecule has 2 aliphatic rings. The summed E-state index contributed by atoms with van der Waals surface area (Å²) >= 11 is 0. The van der Waals surface area contributed by atoms with E-state index in [4.69, 9.17) is 4.98 Å². The molecule has 2 heteroatoms. The normalized spacial score (nSPS) is 26.2. The van der Waals surface area contributed by atoms with Crippen molar-refractivity contribution in [3.63, 3.8) is 0 Å². The minimum absolute atomic E-state index is 0.111. The Bertz CT molecular complexity index is 1240. The largest absolute Gasteiger partial charge is 0.295 e. The average molecular weight is 340 g/mol. The summed E-state index contributed by atoms with van der Waals surface area (Å²) in [6, 6.07) is 13.7. The predicted molar refractivity (Wildman–Crippen MR) is 108 cm³/mol. The lowest BCUT2D eigenvalue weighted by Gasteiger charge is -2.31. The number of benzene rings is 2. The Morgan fingerprint density at radius 1 is 1.04 bits per heavy atom. The monoisotopic (exact) mass is 340 g/mol. The fourth-order valence-electron chi connectivity index (χ4n) is 5.46. The van der Waals surface area contributed by atoms with Crippen LogP contribution in [-0.2, 0) is 17.3 Å². The van der Waals surface area contributed by atoms with E-state index in [2.05, 4.69) is 74.7 Å². The van der Waals surface area contributed by atoms with Crippen molar-refractivity contribution in [2.24, 2.45) is 5.92 Å². The maximum Gasteiger partial charge on any atom is 0.145 e. The van der Waals surface area contributed by atoms with Gasteiger partial charge in [-0.2, -0.15) is 0 Å². The maximum absolute atomic E-state index is 4.99. The van der Waals surface area contributed by atoms with E-state index in [0.29, 0.717) is 0 Å². The first kappa shape index (κ1) is 14.8. The molecule has 0 amide bonds. The van der Waals surface area contributed by atoms with Crippen LogP contribution in [0, 0.1) is 5.92 Å². The van der Waals surface area contributed by atoms with E-state index < -0.39 is 0 Å². The second-order valence-electron chi connectivity index (χ2n) is 9.43. The molecule has 2 aromatic heterocycles. The molecule has 0 saturated heterocycles. The molecule has 26 heavy (non-hydrogen) atoms. The van der Waals surface area contributed by atoms with Gasteiger partial charge in [0.25, 0.3) is 0 Å². The molecule has 0 radical (unpaired) electrons. The van der Waals surface area contributed by atoms with Gasteiger partial charge in [-0.1, -0.05) is 64.1 Å². The summed E-state index contributed by atoms with van der Waals surface area (Å²) in [5, 5.41) is 4.11. The minimum Gasteiger partial charge on any atom is -0.295 e. The van der Waals surface area contributed by atoms with Crippen molar-refractivity contribution >= 4 is 27.3 Å². The molecule has 2 nitrogen and oxygen atoms in total. The number of pyridine rings is 1. The molecule has 2 aromatic carbocycles. The van der Waals surface area contributed by atoms with Crippen LogP contribution in [0.1, 0.15) is 50.9 Å². The first-order valence-electron chi connectivity index (χ1n) is 9.76. The Hall–Kier alpha value is -2.35. The summed E-state index contributed by atoms with van der Waals surface area (Å²) < 4.78 is 2.47. The maximum atomic E-state index is 4.99. The lowest BCUT2D eigenvalue weighted by Crippen LogP contribution is -2.26. The minimum atomic E-state index is 0.111. The number of para-hydroxylation sites is 1.